The van der Waals surface area contributed by atoms with Crippen LogP contribution < -0.4 is 10.9 Å². The van der Waals surface area contributed by atoms with Gasteiger partial charge >= 0.3 is 0 Å². The molecule has 1 N–H and O–H groups in total. The lowest BCUT2D eigenvalue weighted by atomic mass is 9.80. The van der Waals surface area contributed by atoms with E-state index in [2.05, 4.69) is 5.32 Å². The number of nitrogens with one attached hydrogen (secondary N) is 1. The molecule has 2 atom stereocenters. The van der Waals surface area contributed by atoms with Gasteiger partial charge in [0.15, 0.2) is 0 Å². The fraction of sp³-hybridized carbons (Fsp3) is 0.269. The van der Waals surface area contributed by atoms with E-state index in [-0.39, 0.29) is 29.2 Å². The molecular weight excluding hydrogens is 402 g/mol. The van der Waals surface area contributed by atoms with Gasteiger partial charge in [-0.05, 0) is 48.2 Å². The van der Waals surface area contributed by atoms with E-state index in [1.165, 1.54) is 6.92 Å². The molecule has 6 nitrogen and oxygen atoms in total. The molecule has 2 bridgehead atoms. The molecule has 0 unspecified atom stereocenters. The van der Waals surface area contributed by atoms with Gasteiger partial charge in [-0.25, -0.2) is 0 Å². The summed E-state index contributed by atoms with van der Waals surface area (Å²) in [4.78, 5) is 39.1. The molecule has 162 valence electrons. The first-order valence-corrected chi connectivity index (χ1v) is 11.0. The van der Waals surface area contributed by atoms with Crippen molar-refractivity contribution in [1.29, 1.82) is 0 Å². The van der Waals surface area contributed by atoms with Crippen LogP contribution in [0.15, 0.2) is 71.5 Å². The number of rotatable bonds is 3. The Balaban J connectivity index is 1.50. The number of hydrogen-bond acceptors (Lipinski definition) is 3. The number of amides is 2. The van der Waals surface area contributed by atoms with Crippen LogP contribution in [0.3, 0.4) is 0 Å². The summed E-state index contributed by atoms with van der Waals surface area (Å²) in [7, 11) is 0. The molecule has 0 radical (unpaired) electrons. The SMILES string of the molecule is CC(=O)Nc1ccc(-c2ccc(=O)n3c2[C@@H]2C[C@@H](CN(C(=O)c4ccccc4)C2)C3)cc1. The van der Waals surface area contributed by atoms with Crippen molar-refractivity contribution in [1.82, 2.24) is 9.47 Å². The summed E-state index contributed by atoms with van der Waals surface area (Å²) >= 11 is 0. The van der Waals surface area contributed by atoms with Crippen LogP contribution in [0, 0.1) is 5.92 Å². The molecule has 5 rings (SSSR count). The third kappa shape index (κ3) is 3.73. The van der Waals surface area contributed by atoms with E-state index in [1.807, 2.05) is 70.1 Å². The molecule has 32 heavy (non-hydrogen) atoms. The molecule has 2 amide bonds. The highest BCUT2D eigenvalue weighted by atomic mass is 16.2. The molecule has 0 saturated carbocycles. The van der Waals surface area contributed by atoms with E-state index >= 15 is 0 Å². The van der Waals surface area contributed by atoms with Crippen LogP contribution >= 0.6 is 0 Å². The number of nitrogens with zero attached hydrogens (tertiary/aromatic N) is 2. The summed E-state index contributed by atoms with van der Waals surface area (Å²) < 4.78 is 1.90. The fourth-order valence-electron chi connectivity index (χ4n) is 5.12. The van der Waals surface area contributed by atoms with Gasteiger partial charge in [0.25, 0.3) is 11.5 Å². The second kappa shape index (κ2) is 8.11. The van der Waals surface area contributed by atoms with E-state index in [0.717, 1.165) is 28.9 Å². The van der Waals surface area contributed by atoms with Crippen LogP contribution in [0.25, 0.3) is 11.1 Å². The van der Waals surface area contributed by atoms with Gasteiger partial charge in [-0.1, -0.05) is 30.3 Å². The Bertz CT molecular complexity index is 1230. The predicted octanol–water partition coefficient (Wildman–Crippen LogP) is 3.73. The summed E-state index contributed by atoms with van der Waals surface area (Å²) in [5, 5.41) is 2.79. The zero-order valence-electron chi connectivity index (χ0n) is 18.0. The molecule has 0 spiro atoms. The molecule has 0 aliphatic carbocycles. The minimum absolute atomic E-state index is 0.0103. The maximum Gasteiger partial charge on any atom is 0.253 e. The number of anilines is 1. The standard InChI is InChI=1S/C26H25N3O3/c1-17(30)27-22-9-7-19(8-10-22)23-11-12-24(31)29-15-18-13-21(25(23)29)16-28(14-18)26(32)20-5-3-2-4-6-20/h2-12,18,21H,13-16H2,1H3,(H,27,30)/t18-,21+/m0/s1. The number of hydrogen-bond donors (Lipinski definition) is 1. The predicted molar refractivity (Wildman–Crippen MR) is 124 cm³/mol. The van der Waals surface area contributed by atoms with Gasteiger partial charge in [0.2, 0.25) is 5.91 Å². The minimum atomic E-state index is -0.113. The maximum absolute atomic E-state index is 13.1. The van der Waals surface area contributed by atoms with Crippen molar-refractivity contribution in [3.8, 4) is 11.1 Å². The number of aromatic nitrogens is 1. The van der Waals surface area contributed by atoms with E-state index in [0.29, 0.717) is 25.2 Å². The van der Waals surface area contributed by atoms with Crippen LogP contribution in [0.5, 0.6) is 0 Å². The maximum atomic E-state index is 13.1. The second-order valence-electron chi connectivity index (χ2n) is 8.71. The Labute approximate surface area is 186 Å². The van der Waals surface area contributed by atoms with Crippen molar-refractivity contribution in [3.05, 3.63) is 88.3 Å². The van der Waals surface area contributed by atoms with Crippen molar-refractivity contribution in [3.63, 3.8) is 0 Å². The number of likely N-dealkylation sites (tertiary alicyclic amines) is 1. The van der Waals surface area contributed by atoms with Crippen molar-refractivity contribution >= 4 is 17.5 Å². The number of fused-ring (bicyclic) bond motifs is 4. The van der Waals surface area contributed by atoms with Gasteiger partial charge in [-0.2, -0.15) is 0 Å². The van der Waals surface area contributed by atoms with E-state index in [1.54, 1.807) is 6.07 Å². The Kier molecular flexibility index (Phi) is 5.13. The highest BCUT2D eigenvalue weighted by Crippen LogP contribution is 2.40. The molecule has 2 aliphatic heterocycles. The third-order valence-electron chi connectivity index (χ3n) is 6.41. The quantitative estimate of drug-likeness (QED) is 0.692. The molecule has 2 aliphatic rings. The van der Waals surface area contributed by atoms with Crippen molar-refractivity contribution in [2.24, 2.45) is 5.92 Å². The second-order valence-corrected chi connectivity index (χ2v) is 8.71. The van der Waals surface area contributed by atoms with Crippen molar-refractivity contribution < 1.29 is 9.59 Å². The Morgan fingerprint density at radius 1 is 0.906 bits per heavy atom. The highest BCUT2D eigenvalue weighted by molar-refractivity contribution is 5.94. The molecule has 2 aromatic carbocycles. The normalized spacial score (nSPS) is 19.2. The van der Waals surface area contributed by atoms with Gasteiger partial charge in [0, 0.05) is 61.1 Å². The highest BCUT2D eigenvalue weighted by Gasteiger charge is 2.38. The Hall–Kier alpha value is -3.67. The van der Waals surface area contributed by atoms with E-state index in [9.17, 15) is 14.4 Å². The van der Waals surface area contributed by atoms with Crippen LogP contribution in [0.2, 0.25) is 0 Å². The van der Waals surface area contributed by atoms with Gasteiger partial charge < -0.3 is 14.8 Å². The summed E-state index contributed by atoms with van der Waals surface area (Å²) in [6.45, 7) is 3.38. The van der Waals surface area contributed by atoms with Crippen LogP contribution in [-0.2, 0) is 11.3 Å². The number of carbonyl (C=O) groups is 2. The monoisotopic (exact) mass is 427 g/mol. The molecule has 3 aromatic rings. The Morgan fingerprint density at radius 3 is 2.38 bits per heavy atom. The lowest BCUT2D eigenvalue weighted by Gasteiger charge is -2.43. The molecule has 6 heteroatoms. The lowest BCUT2D eigenvalue weighted by Crippen LogP contribution is -2.49. The van der Waals surface area contributed by atoms with Gasteiger partial charge in [-0.3, -0.25) is 14.4 Å². The van der Waals surface area contributed by atoms with Gasteiger partial charge in [0.05, 0.1) is 0 Å². The van der Waals surface area contributed by atoms with Crippen LogP contribution in [0.1, 0.15) is 35.3 Å². The van der Waals surface area contributed by atoms with Crippen molar-refractivity contribution in [2.75, 3.05) is 18.4 Å². The largest absolute Gasteiger partial charge is 0.338 e. The van der Waals surface area contributed by atoms with Gasteiger partial charge in [0.1, 0.15) is 0 Å². The Morgan fingerprint density at radius 2 is 1.66 bits per heavy atom. The smallest absolute Gasteiger partial charge is 0.253 e. The molecule has 3 heterocycles. The number of carbonyl (C=O) groups excluding carboxylic acids is 2. The van der Waals surface area contributed by atoms with E-state index < -0.39 is 0 Å². The summed E-state index contributed by atoms with van der Waals surface area (Å²) in [6, 6.07) is 20.6. The first-order chi connectivity index (χ1) is 15.5. The number of pyridine rings is 1. The summed E-state index contributed by atoms with van der Waals surface area (Å²) in [6.07, 6.45) is 0.971. The molecule has 1 aromatic heterocycles. The molecule has 1 fully saturated rings. The average Bonchev–Trinajstić information content (AvgIpc) is 2.80. The minimum Gasteiger partial charge on any atom is -0.338 e. The van der Waals surface area contributed by atoms with Crippen LogP contribution in [-0.4, -0.2) is 34.4 Å². The average molecular weight is 428 g/mol. The van der Waals surface area contributed by atoms with Crippen molar-refractivity contribution in [2.45, 2.75) is 25.8 Å². The van der Waals surface area contributed by atoms with Gasteiger partial charge in [-0.15, -0.1) is 0 Å². The van der Waals surface area contributed by atoms with Crippen LogP contribution in [0.4, 0.5) is 5.69 Å². The first kappa shape index (κ1) is 20.2. The number of piperidine rings is 1. The topological polar surface area (TPSA) is 71.4 Å². The third-order valence-corrected chi connectivity index (χ3v) is 6.41. The molecular formula is C26H25N3O3. The lowest BCUT2D eigenvalue weighted by molar-refractivity contribution is -0.114. The zero-order valence-corrected chi connectivity index (χ0v) is 18.0. The summed E-state index contributed by atoms with van der Waals surface area (Å²) in [5.41, 5.74) is 4.46. The van der Waals surface area contributed by atoms with E-state index in [4.69, 9.17) is 0 Å². The number of benzene rings is 2. The first-order valence-electron chi connectivity index (χ1n) is 11.0. The zero-order chi connectivity index (χ0) is 22.2. The summed E-state index contributed by atoms with van der Waals surface area (Å²) in [5.74, 6) is 0.309. The molecule has 1 saturated heterocycles. The fourth-order valence-corrected chi connectivity index (χ4v) is 5.12.